The number of hydrogen-bond donors (Lipinski definition) is 0. The molecular weight excluding hydrogens is 368 g/mol. The molecular formula is C18H26N4O2S2. The van der Waals surface area contributed by atoms with E-state index in [0.717, 1.165) is 25.3 Å². The second-order valence-electron chi connectivity index (χ2n) is 6.71. The molecule has 0 aliphatic carbocycles. The van der Waals surface area contributed by atoms with Crippen molar-refractivity contribution in [2.75, 3.05) is 18.1 Å². The molecule has 1 saturated heterocycles. The van der Waals surface area contributed by atoms with Crippen LogP contribution in [0.15, 0.2) is 30.3 Å². The maximum absolute atomic E-state index is 11.8. The first-order valence-electron chi connectivity index (χ1n) is 9.08. The average Bonchev–Trinajstić information content (AvgIpc) is 3.12. The normalized spacial score (nSPS) is 19.3. The van der Waals surface area contributed by atoms with Crippen molar-refractivity contribution in [3.8, 4) is 0 Å². The summed E-state index contributed by atoms with van der Waals surface area (Å²) in [7, 11) is -2.90. The Morgan fingerprint density at radius 1 is 1.27 bits per heavy atom. The summed E-state index contributed by atoms with van der Waals surface area (Å²) >= 11 is 5.63. The Morgan fingerprint density at radius 2 is 2.00 bits per heavy atom. The number of sulfone groups is 1. The van der Waals surface area contributed by atoms with Crippen molar-refractivity contribution in [3.05, 3.63) is 46.5 Å². The molecule has 0 spiro atoms. The molecule has 1 atom stereocenters. The summed E-state index contributed by atoms with van der Waals surface area (Å²) in [4.78, 5) is 2.17. The first kappa shape index (κ1) is 19.3. The smallest absolute Gasteiger partial charge is 0.199 e. The highest BCUT2D eigenvalue weighted by atomic mass is 32.2. The van der Waals surface area contributed by atoms with Crippen molar-refractivity contribution in [2.24, 2.45) is 0 Å². The van der Waals surface area contributed by atoms with E-state index in [4.69, 9.17) is 17.3 Å². The molecule has 1 fully saturated rings. The van der Waals surface area contributed by atoms with Crippen LogP contribution in [0.4, 0.5) is 0 Å². The van der Waals surface area contributed by atoms with Crippen molar-refractivity contribution in [3.63, 3.8) is 0 Å². The van der Waals surface area contributed by atoms with E-state index in [2.05, 4.69) is 35.4 Å². The Kier molecular flexibility index (Phi) is 5.94. The molecule has 26 heavy (non-hydrogen) atoms. The highest BCUT2D eigenvalue weighted by Gasteiger charge is 2.32. The van der Waals surface area contributed by atoms with Gasteiger partial charge in [0.2, 0.25) is 0 Å². The summed E-state index contributed by atoms with van der Waals surface area (Å²) in [6.45, 7) is 6.19. The van der Waals surface area contributed by atoms with Crippen LogP contribution < -0.4 is 0 Å². The van der Waals surface area contributed by atoms with Gasteiger partial charge in [0.05, 0.1) is 18.2 Å². The van der Waals surface area contributed by atoms with Gasteiger partial charge >= 0.3 is 0 Å². The largest absolute Gasteiger partial charge is 0.304 e. The molecule has 0 amide bonds. The summed E-state index contributed by atoms with van der Waals surface area (Å²) < 4.78 is 28.2. The van der Waals surface area contributed by atoms with Crippen LogP contribution in [-0.2, 0) is 29.5 Å². The lowest BCUT2D eigenvalue weighted by Gasteiger charge is -2.26. The molecule has 142 valence electrons. The predicted octanol–water partition coefficient (Wildman–Crippen LogP) is 2.49. The molecule has 0 unspecified atom stereocenters. The molecule has 1 aliphatic rings. The van der Waals surface area contributed by atoms with Gasteiger partial charge in [-0.2, -0.15) is 5.10 Å². The molecule has 2 aromatic rings. The van der Waals surface area contributed by atoms with Crippen molar-refractivity contribution >= 4 is 22.1 Å². The van der Waals surface area contributed by atoms with Crippen LogP contribution in [-0.4, -0.2) is 51.8 Å². The highest BCUT2D eigenvalue weighted by Crippen LogP contribution is 2.19. The SMILES string of the molecule is CCN(Cn1nc(Cc2ccccc2)n(CC)c1=S)[C@H]1CCS(=O)(=O)C1. The number of rotatable bonds is 7. The fraction of sp³-hybridized carbons (Fsp3) is 0.556. The zero-order valence-corrected chi connectivity index (χ0v) is 17.0. The summed E-state index contributed by atoms with van der Waals surface area (Å²) in [6, 6.07) is 10.3. The second-order valence-corrected chi connectivity index (χ2v) is 9.30. The first-order valence-corrected chi connectivity index (χ1v) is 11.3. The van der Waals surface area contributed by atoms with Crippen molar-refractivity contribution in [1.29, 1.82) is 0 Å². The van der Waals surface area contributed by atoms with Crippen LogP contribution in [0.5, 0.6) is 0 Å². The van der Waals surface area contributed by atoms with Crippen molar-refractivity contribution in [2.45, 2.75) is 45.9 Å². The maximum atomic E-state index is 11.8. The molecule has 1 aromatic heterocycles. The minimum atomic E-state index is -2.90. The fourth-order valence-corrected chi connectivity index (χ4v) is 5.61. The van der Waals surface area contributed by atoms with Gasteiger partial charge in [-0.25, -0.2) is 13.1 Å². The van der Waals surface area contributed by atoms with E-state index < -0.39 is 9.84 Å². The third-order valence-electron chi connectivity index (χ3n) is 4.97. The molecule has 6 nitrogen and oxygen atoms in total. The predicted molar refractivity (Wildman–Crippen MR) is 105 cm³/mol. The van der Waals surface area contributed by atoms with Crippen molar-refractivity contribution < 1.29 is 8.42 Å². The molecule has 0 N–H and O–H groups in total. The monoisotopic (exact) mass is 394 g/mol. The topological polar surface area (TPSA) is 60.1 Å². The van der Waals surface area contributed by atoms with Gasteiger partial charge < -0.3 is 4.57 Å². The Morgan fingerprint density at radius 3 is 2.58 bits per heavy atom. The fourth-order valence-electron chi connectivity index (χ4n) is 3.51. The summed E-state index contributed by atoms with van der Waals surface area (Å²) in [5.41, 5.74) is 1.20. The summed E-state index contributed by atoms with van der Waals surface area (Å²) in [6.07, 6.45) is 1.42. The summed E-state index contributed by atoms with van der Waals surface area (Å²) in [5.74, 6) is 1.46. The maximum Gasteiger partial charge on any atom is 0.199 e. The van der Waals surface area contributed by atoms with E-state index >= 15 is 0 Å². The van der Waals surface area contributed by atoms with Gasteiger partial charge in [-0.1, -0.05) is 37.3 Å². The lowest BCUT2D eigenvalue weighted by Crippen LogP contribution is -2.37. The minimum absolute atomic E-state index is 0.0521. The third kappa shape index (κ3) is 4.24. The molecule has 8 heteroatoms. The molecule has 0 radical (unpaired) electrons. The van der Waals surface area contributed by atoms with Crippen molar-refractivity contribution in [1.82, 2.24) is 19.2 Å². The van der Waals surface area contributed by atoms with E-state index in [9.17, 15) is 8.42 Å². The van der Waals surface area contributed by atoms with E-state index in [-0.39, 0.29) is 17.5 Å². The quantitative estimate of drug-likeness (QED) is 0.675. The lowest BCUT2D eigenvalue weighted by molar-refractivity contribution is 0.163. The zero-order valence-electron chi connectivity index (χ0n) is 15.3. The van der Waals surface area contributed by atoms with E-state index in [1.165, 1.54) is 5.56 Å². The summed E-state index contributed by atoms with van der Waals surface area (Å²) in [5, 5.41) is 4.76. The van der Waals surface area contributed by atoms with Gasteiger partial charge in [0.1, 0.15) is 5.82 Å². The molecule has 1 aromatic carbocycles. The highest BCUT2D eigenvalue weighted by molar-refractivity contribution is 7.91. The van der Waals surface area contributed by atoms with Crippen LogP contribution in [0.1, 0.15) is 31.7 Å². The molecule has 0 saturated carbocycles. The van der Waals surface area contributed by atoms with Gasteiger partial charge in [0.15, 0.2) is 14.6 Å². The average molecular weight is 395 g/mol. The third-order valence-corrected chi connectivity index (χ3v) is 7.15. The van der Waals surface area contributed by atoms with Crippen LogP contribution in [0.3, 0.4) is 0 Å². The van der Waals surface area contributed by atoms with Gasteiger partial charge in [-0.3, -0.25) is 4.90 Å². The Balaban J connectivity index is 1.82. The number of benzene rings is 1. The van der Waals surface area contributed by atoms with Gasteiger partial charge in [-0.15, -0.1) is 0 Å². The van der Waals surface area contributed by atoms with Gasteiger partial charge in [-0.05, 0) is 37.7 Å². The number of aromatic nitrogens is 3. The minimum Gasteiger partial charge on any atom is -0.304 e. The first-order chi connectivity index (χ1) is 12.4. The Bertz CT molecular complexity index is 903. The molecule has 3 rings (SSSR count). The zero-order chi connectivity index (χ0) is 18.7. The number of hydrogen-bond acceptors (Lipinski definition) is 5. The molecule has 2 heterocycles. The lowest BCUT2D eigenvalue weighted by atomic mass is 10.1. The molecule has 1 aliphatic heterocycles. The van der Waals surface area contributed by atoms with E-state index in [1.807, 2.05) is 22.9 Å². The standard InChI is InChI=1S/C18H26N4O2S2/c1-3-20(16-10-11-26(23,24)13-16)14-22-18(25)21(4-2)17(19-22)12-15-8-6-5-7-9-15/h5-9,16H,3-4,10-14H2,1-2H3/t16-/m0/s1. The number of nitrogens with zero attached hydrogens (tertiary/aromatic N) is 4. The van der Waals surface area contributed by atoms with Gasteiger partial charge in [0.25, 0.3) is 0 Å². The van der Waals surface area contributed by atoms with E-state index in [0.29, 0.717) is 17.9 Å². The Hall–Kier alpha value is -1.51. The van der Waals surface area contributed by atoms with E-state index in [1.54, 1.807) is 0 Å². The van der Waals surface area contributed by atoms with Gasteiger partial charge in [0, 0.05) is 19.0 Å². The van der Waals surface area contributed by atoms with Crippen LogP contribution in [0.25, 0.3) is 0 Å². The van der Waals surface area contributed by atoms with Crippen LogP contribution >= 0.6 is 12.2 Å². The van der Waals surface area contributed by atoms with Crippen LogP contribution in [0, 0.1) is 4.77 Å². The second kappa shape index (κ2) is 8.02. The Labute approximate surface area is 160 Å². The molecule has 0 bridgehead atoms. The van der Waals surface area contributed by atoms with Crippen LogP contribution in [0.2, 0.25) is 0 Å².